The number of ether oxygens (including phenoxy) is 2. The van der Waals surface area contributed by atoms with Crippen LogP contribution in [0.3, 0.4) is 0 Å². The topological polar surface area (TPSA) is 71.3 Å². The van der Waals surface area contributed by atoms with Crippen molar-refractivity contribution in [3.05, 3.63) is 106 Å². The number of aryl methyl sites for hydroxylation is 3. The molecule has 0 aromatic heterocycles. The fourth-order valence-electron chi connectivity index (χ4n) is 4.12. The van der Waals surface area contributed by atoms with E-state index < -0.39 is 5.91 Å². The molecule has 5 nitrogen and oxygen atoms in total. The molecule has 0 atom stereocenters. The predicted octanol–water partition coefficient (Wildman–Crippen LogP) is 7.29. The van der Waals surface area contributed by atoms with E-state index in [2.05, 4.69) is 36.5 Å². The third kappa shape index (κ3) is 5.99. The lowest BCUT2D eigenvalue weighted by Crippen LogP contribution is -2.13. The standard InChI is InChI=1S/C32H30N2O3/c1-5-36-31-18-24(17-26(19-33)32(35)34-27-14-11-21(2)23(4)16-27)12-15-30(31)37-20-29-22(3)10-13-25-8-6-7-9-28(25)29/h6-18H,5,20H2,1-4H3,(H,34,35)/b26-17+. The summed E-state index contributed by atoms with van der Waals surface area (Å²) < 4.78 is 12.1. The molecule has 4 aromatic rings. The lowest BCUT2D eigenvalue weighted by molar-refractivity contribution is -0.112. The molecule has 1 amide bonds. The molecule has 0 aliphatic carbocycles. The number of rotatable bonds is 8. The summed E-state index contributed by atoms with van der Waals surface area (Å²) in [5.41, 5.74) is 5.80. The van der Waals surface area contributed by atoms with Gasteiger partial charge in [-0.05, 0) is 91.1 Å². The third-order valence-electron chi connectivity index (χ3n) is 6.36. The van der Waals surface area contributed by atoms with Crippen LogP contribution in [0.4, 0.5) is 5.69 Å². The number of hydrogen-bond acceptors (Lipinski definition) is 4. The molecule has 0 saturated heterocycles. The molecule has 4 rings (SSSR count). The quantitative estimate of drug-likeness (QED) is 0.208. The van der Waals surface area contributed by atoms with Gasteiger partial charge in [0.15, 0.2) is 11.5 Å². The fraction of sp³-hybridized carbons (Fsp3) is 0.188. The number of carbonyl (C=O) groups excluding carboxylic acids is 1. The van der Waals surface area contributed by atoms with Gasteiger partial charge in [0.2, 0.25) is 0 Å². The van der Waals surface area contributed by atoms with E-state index in [0.717, 1.165) is 27.6 Å². The Hall–Kier alpha value is -4.56. The highest BCUT2D eigenvalue weighted by atomic mass is 16.5. The first-order chi connectivity index (χ1) is 17.9. The van der Waals surface area contributed by atoms with Gasteiger partial charge in [-0.2, -0.15) is 5.26 Å². The maximum absolute atomic E-state index is 12.8. The number of fused-ring (bicyclic) bond motifs is 1. The molecule has 37 heavy (non-hydrogen) atoms. The van der Waals surface area contributed by atoms with Crippen molar-refractivity contribution < 1.29 is 14.3 Å². The zero-order valence-electron chi connectivity index (χ0n) is 21.6. The van der Waals surface area contributed by atoms with Gasteiger partial charge in [0.05, 0.1) is 6.61 Å². The summed E-state index contributed by atoms with van der Waals surface area (Å²) >= 11 is 0. The number of anilines is 1. The van der Waals surface area contributed by atoms with Crippen LogP contribution in [0, 0.1) is 32.1 Å². The van der Waals surface area contributed by atoms with Gasteiger partial charge >= 0.3 is 0 Å². The highest BCUT2D eigenvalue weighted by Gasteiger charge is 2.13. The number of carbonyl (C=O) groups is 1. The van der Waals surface area contributed by atoms with Crippen LogP contribution in [0.2, 0.25) is 0 Å². The lowest BCUT2D eigenvalue weighted by atomic mass is 10.0. The van der Waals surface area contributed by atoms with Crippen molar-refractivity contribution in [2.24, 2.45) is 0 Å². The summed E-state index contributed by atoms with van der Waals surface area (Å²) in [6, 6.07) is 25.5. The van der Waals surface area contributed by atoms with Crippen LogP contribution in [-0.2, 0) is 11.4 Å². The Labute approximate surface area is 218 Å². The average molecular weight is 491 g/mol. The summed E-state index contributed by atoms with van der Waals surface area (Å²) in [4.78, 5) is 12.8. The molecular weight excluding hydrogens is 460 g/mol. The Balaban J connectivity index is 1.56. The van der Waals surface area contributed by atoms with Crippen molar-refractivity contribution in [2.75, 3.05) is 11.9 Å². The van der Waals surface area contributed by atoms with E-state index in [-0.39, 0.29) is 5.57 Å². The zero-order valence-corrected chi connectivity index (χ0v) is 21.6. The molecule has 1 N–H and O–H groups in total. The highest BCUT2D eigenvalue weighted by Crippen LogP contribution is 2.32. The molecule has 5 heteroatoms. The fourth-order valence-corrected chi connectivity index (χ4v) is 4.12. The smallest absolute Gasteiger partial charge is 0.266 e. The van der Waals surface area contributed by atoms with Crippen LogP contribution < -0.4 is 14.8 Å². The Morgan fingerprint density at radius 1 is 0.892 bits per heavy atom. The van der Waals surface area contributed by atoms with E-state index >= 15 is 0 Å². The average Bonchev–Trinajstić information content (AvgIpc) is 2.89. The van der Waals surface area contributed by atoms with Crippen molar-refractivity contribution in [1.29, 1.82) is 5.26 Å². The molecular formula is C32H30N2O3. The van der Waals surface area contributed by atoms with E-state index in [1.807, 2.05) is 69.3 Å². The zero-order chi connectivity index (χ0) is 26.4. The van der Waals surface area contributed by atoms with Crippen LogP contribution >= 0.6 is 0 Å². The van der Waals surface area contributed by atoms with E-state index in [4.69, 9.17) is 9.47 Å². The first-order valence-corrected chi connectivity index (χ1v) is 12.3. The second-order valence-electron chi connectivity index (χ2n) is 8.93. The van der Waals surface area contributed by atoms with E-state index in [0.29, 0.717) is 36.0 Å². The monoisotopic (exact) mass is 490 g/mol. The number of nitriles is 1. The molecule has 186 valence electrons. The van der Waals surface area contributed by atoms with Crippen LogP contribution in [0.15, 0.2) is 78.4 Å². The molecule has 0 unspecified atom stereocenters. The number of benzene rings is 4. The molecule has 4 aromatic carbocycles. The van der Waals surface area contributed by atoms with Crippen LogP contribution in [0.25, 0.3) is 16.8 Å². The minimum absolute atomic E-state index is 0.000671. The lowest BCUT2D eigenvalue weighted by Gasteiger charge is -2.15. The number of nitrogens with one attached hydrogen (secondary N) is 1. The van der Waals surface area contributed by atoms with Gasteiger partial charge < -0.3 is 14.8 Å². The van der Waals surface area contributed by atoms with Gasteiger partial charge in [0.1, 0.15) is 18.2 Å². The number of hydrogen-bond donors (Lipinski definition) is 1. The van der Waals surface area contributed by atoms with Crippen molar-refractivity contribution in [2.45, 2.75) is 34.3 Å². The first-order valence-electron chi connectivity index (χ1n) is 12.3. The van der Waals surface area contributed by atoms with Crippen LogP contribution in [0.1, 0.15) is 34.7 Å². The van der Waals surface area contributed by atoms with E-state index in [1.54, 1.807) is 12.1 Å². The Morgan fingerprint density at radius 3 is 2.43 bits per heavy atom. The van der Waals surface area contributed by atoms with Crippen molar-refractivity contribution in [1.82, 2.24) is 0 Å². The Morgan fingerprint density at radius 2 is 1.68 bits per heavy atom. The van der Waals surface area contributed by atoms with E-state index in [1.165, 1.54) is 5.39 Å². The van der Waals surface area contributed by atoms with Gasteiger partial charge in [0, 0.05) is 11.3 Å². The van der Waals surface area contributed by atoms with Gasteiger partial charge in [-0.3, -0.25) is 4.79 Å². The third-order valence-corrected chi connectivity index (χ3v) is 6.36. The summed E-state index contributed by atoms with van der Waals surface area (Å²) in [7, 11) is 0. The maximum atomic E-state index is 12.8. The highest BCUT2D eigenvalue weighted by molar-refractivity contribution is 6.09. The van der Waals surface area contributed by atoms with Gasteiger partial charge in [0.25, 0.3) is 5.91 Å². The molecule has 0 aliphatic heterocycles. The van der Waals surface area contributed by atoms with E-state index in [9.17, 15) is 10.1 Å². The summed E-state index contributed by atoms with van der Waals surface area (Å²) in [6.45, 7) is 8.81. The first kappa shape index (κ1) is 25.5. The second-order valence-corrected chi connectivity index (χ2v) is 8.93. The summed E-state index contributed by atoms with van der Waals surface area (Å²) in [5.74, 6) is 0.695. The Kier molecular flexibility index (Phi) is 7.90. The van der Waals surface area contributed by atoms with Crippen LogP contribution in [-0.4, -0.2) is 12.5 Å². The summed E-state index contributed by atoms with van der Waals surface area (Å²) in [5, 5.41) is 14.8. The van der Waals surface area contributed by atoms with Crippen molar-refractivity contribution >= 4 is 28.4 Å². The maximum Gasteiger partial charge on any atom is 0.266 e. The summed E-state index contributed by atoms with van der Waals surface area (Å²) in [6.07, 6.45) is 1.55. The van der Waals surface area contributed by atoms with Crippen LogP contribution in [0.5, 0.6) is 11.5 Å². The number of amides is 1. The number of nitrogens with zero attached hydrogens (tertiary/aromatic N) is 1. The van der Waals surface area contributed by atoms with Gasteiger partial charge in [-0.25, -0.2) is 0 Å². The normalized spacial score (nSPS) is 11.2. The van der Waals surface area contributed by atoms with Crippen molar-refractivity contribution in [3.63, 3.8) is 0 Å². The minimum Gasteiger partial charge on any atom is -0.490 e. The Bertz CT molecular complexity index is 1530. The largest absolute Gasteiger partial charge is 0.490 e. The molecule has 0 fully saturated rings. The van der Waals surface area contributed by atoms with Crippen molar-refractivity contribution in [3.8, 4) is 17.6 Å². The molecule has 0 aliphatic rings. The predicted molar refractivity (Wildman–Crippen MR) is 149 cm³/mol. The molecule has 0 saturated carbocycles. The van der Waals surface area contributed by atoms with Gasteiger partial charge in [-0.1, -0.05) is 48.5 Å². The molecule has 0 heterocycles. The SMILES string of the molecule is CCOc1cc(/C=C(\C#N)C(=O)Nc2ccc(C)c(C)c2)ccc1OCc1c(C)ccc2ccccc12. The molecule has 0 spiro atoms. The second kappa shape index (κ2) is 11.5. The minimum atomic E-state index is -0.463. The van der Waals surface area contributed by atoms with Gasteiger partial charge in [-0.15, -0.1) is 0 Å². The molecule has 0 radical (unpaired) electrons. The molecule has 0 bridgehead atoms.